The summed E-state index contributed by atoms with van der Waals surface area (Å²) < 4.78 is 5.51. The van der Waals surface area contributed by atoms with Gasteiger partial charge >= 0.3 is 0 Å². The van der Waals surface area contributed by atoms with Crippen LogP contribution in [0.25, 0.3) is 11.4 Å². The van der Waals surface area contributed by atoms with E-state index in [1.165, 1.54) is 5.56 Å². The van der Waals surface area contributed by atoms with Crippen molar-refractivity contribution < 1.29 is 9.32 Å². The quantitative estimate of drug-likeness (QED) is 0.712. The zero-order valence-electron chi connectivity index (χ0n) is 15.5. The summed E-state index contributed by atoms with van der Waals surface area (Å²) >= 11 is 0. The topological polar surface area (TPSA) is 72.1 Å². The number of likely N-dealkylation sites (tertiary alicyclic amines) is 1. The molecule has 0 spiro atoms. The second-order valence-electron chi connectivity index (χ2n) is 7.24. The molecule has 0 unspecified atom stereocenters. The average molecular weight is 362 g/mol. The number of pyridine rings is 1. The monoisotopic (exact) mass is 362 g/mol. The van der Waals surface area contributed by atoms with Crippen LogP contribution in [0.4, 0.5) is 0 Å². The van der Waals surface area contributed by atoms with E-state index >= 15 is 0 Å². The smallest absolute Gasteiger partial charge is 0.232 e. The van der Waals surface area contributed by atoms with Crippen LogP contribution in [-0.2, 0) is 11.2 Å². The first-order valence-corrected chi connectivity index (χ1v) is 9.17. The third-order valence-electron chi connectivity index (χ3n) is 5.12. The van der Waals surface area contributed by atoms with E-state index < -0.39 is 0 Å². The molecule has 1 amide bonds. The van der Waals surface area contributed by atoms with Crippen molar-refractivity contribution in [3.05, 3.63) is 65.8 Å². The Hall–Kier alpha value is -3.02. The maximum atomic E-state index is 12.7. The lowest BCUT2D eigenvalue weighted by atomic mass is 9.98. The van der Waals surface area contributed by atoms with Crippen LogP contribution in [0.1, 0.15) is 29.9 Å². The Morgan fingerprint density at radius 2 is 2.04 bits per heavy atom. The molecule has 6 nitrogen and oxygen atoms in total. The summed E-state index contributed by atoms with van der Waals surface area (Å²) in [6, 6.07) is 11.9. The SMILES string of the molecule is Cc1ccc(CC(=O)N2C[C@H](c3nc(-c4cccnc4)no3)[C@@H](C)C2)cc1. The van der Waals surface area contributed by atoms with E-state index in [4.69, 9.17) is 4.52 Å². The largest absolute Gasteiger partial charge is 0.341 e. The Kier molecular flexibility index (Phi) is 4.71. The van der Waals surface area contributed by atoms with E-state index in [1.54, 1.807) is 12.4 Å². The number of carbonyl (C=O) groups excluding carboxylic acids is 1. The second kappa shape index (κ2) is 7.31. The van der Waals surface area contributed by atoms with Gasteiger partial charge in [0.25, 0.3) is 0 Å². The van der Waals surface area contributed by atoms with Gasteiger partial charge in [0.05, 0.1) is 12.3 Å². The summed E-state index contributed by atoms with van der Waals surface area (Å²) in [6.07, 6.45) is 3.84. The Morgan fingerprint density at radius 3 is 2.78 bits per heavy atom. The van der Waals surface area contributed by atoms with Crippen LogP contribution in [0.3, 0.4) is 0 Å². The van der Waals surface area contributed by atoms with Crippen molar-refractivity contribution in [3.63, 3.8) is 0 Å². The van der Waals surface area contributed by atoms with Crippen molar-refractivity contribution in [1.29, 1.82) is 0 Å². The Balaban J connectivity index is 1.44. The van der Waals surface area contributed by atoms with E-state index in [0.29, 0.717) is 31.2 Å². The molecule has 0 saturated carbocycles. The number of benzene rings is 1. The average Bonchev–Trinajstić information content (AvgIpc) is 3.31. The molecule has 1 aromatic carbocycles. The Bertz CT molecular complexity index is 921. The third kappa shape index (κ3) is 3.74. The fraction of sp³-hybridized carbons (Fsp3) is 0.333. The number of hydrogen-bond acceptors (Lipinski definition) is 5. The normalized spacial score (nSPS) is 19.4. The van der Waals surface area contributed by atoms with Crippen molar-refractivity contribution in [1.82, 2.24) is 20.0 Å². The first-order valence-electron chi connectivity index (χ1n) is 9.17. The highest BCUT2D eigenvalue weighted by atomic mass is 16.5. The zero-order chi connectivity index (χ0) is 18.8. The Labute approximate surface area is 158 Å². The van der Waals surface area contributed by atoms with Crippen LogP contribution in [-0.4, -0.2) is 39.0 Å². The lowest BCUT2D eigenvalue weighted by molar-refractivity contribution is -0.129. The van der Waals surface area contributed by atoms with Gasteiger partial charge in [-0.25, -0.2) is 0 Å². The molecule has 6 heteroatoms. The van der Waals surface area contributed by atoms with Gasteiger partial charge in [-0.2, -0.15) is 4.98 Å². The summed E-state index contributed by atoms with van der Waals surface area (Å²) in [5.74, 6) is 1.60. The molecule has 0 N–H and O–H groups in total. The molecule has 2 aromatic heterocycles. The number of hydrogen-bond donors (Lipinski definition) is 0. The van der Waals surface area contributed by atoms with Crippen LogP contribution in [0.15, 0.2) is 53.3 Å². The van der Waals surface area contributed by atoms with Gasteiger partial charge in [0, 0.05) is 31.0 Å². The van der Waals surface area contributed by atoms with Gasteiger partial charge in [-0.05, 0) is 30.5 Å². The van der Waals surface area contributed by atoms with Crippen molar-refractivity contribution in [2.45, 2.75) is 26.2 Å². The summed E-state index contributed by atoms with van der Waals surface area (Å²) in [4.78, 5) is 23.2. The van der Waals surface area contributed by atoms with Gasteiger partial charge < -0.3 is 9.42 Å². The van der Waals surface area contributed by atoms with Crippen LogP contribution < -0.4 is 0 Å². The first-order chi connectivity index (χ1) is 13.1. The van der Waals surface area contributed by atoms with Crippen molar-refractivity contribution in [2.75, 3.05) is 13.1 Å². The fourth-order valence-corrected chi connectivity index (χ4v) is 3.48. The standard InChI is InChI=1S/C21H22N4O2/c1-14-5-7-16(8-6-14)10-19(26)25-12-15(2)18(13-25)21-23-20(24-27-21)17-4-3-9-22-11-17/h3-9,11,15,18H,10,12-13H2,1-2H3/t15-,18-/m0/s1. The Morgan fingerprint density at radius 1 is 1.22 bits per heavy atom. The molecule has 0 radical (unpaired) electrons. The predicted octanol–water partition coefficient (Wildman–Crippen LogP) is 3.24. The van der Waals surface area contributed by atoms with E-state index in [-0.39, 0.29) is 17.7 Å². The minimum Gasteiger partial charge on any atom is -0.341 e. The highest BCUT2D eigenvalue weighted by molar-refractivity contribution is 5.79. The number of carbonyl (C=O) groups is 1. The maximum Gasteiger partial charge on any atom is 0.232 e. The molecule has 1 aliphatic rings. The molecule has 1 saturated heterocycles. The number of rotatable bonds is 4. The highest BCUT2D eigenvalue weighted by Gasteiger charge is 2.36. The van der Waals surface area contributed by atoms with E-state index in [0.717, 1.165) is 11.1 Å². The van der Waals surface area contributed by atoms with Gasteiger partial charge in [-0.3, -0.25) is 9.78 Å². The lowest BCUT2D eigenvalue weighted by Crippen LogP contribution is -2.30. The fourth-order valence-electron chi connectivity index (χ4n) is 3.48. The van der Waals surface area contributed by atoms with E-state index in [2.05, 4.69) is 22.0 Å². The van der Waals surface area contributed by atoms with Gasteiger partial charge in [0.2, 0.25) is 17.6 Å². The molecule has 1 fully saturated rings. The molecule has 3 heterocycles. The molecular weight excluding hydrogens is 340 g/mol. The van der Waals surface area contributed by atoms with Crippen molar-refractivity contribution >= 4 is 5.91 Å². The summed E-state index contributed by atoms with van der Waals surface area (Å²) in [5.41, 5.74) is 3.06. The molecule has 27 heavy (non-hydrogen) atoms. The molecular formula is C21H22N4O2. The molecule has 4 rings (SSSR count). The van der Waals surface area contributed by atoms with Gasteiger partial charge in [-0.15, -0.1) is 0 Å². The van der Waals surface area contributed by atoms with Crippen molar-refractivity contribution in [3.8, 4) is 11.4 Å². The molecule has 2 atom stereocenters. The van der Waals surface area contributed by atoms with E-state index in [9.17, 15) is 4.79 Å². The number of amides is 1. The molecule has 1 aliphatic heterocycles. The van der Waals surface area contributed by atoms with Gasteiger partial charge in [0.1, 0.15) is 0 Å². The van der Waals surface area contributed by atoms with E-state index in [1.807, 2.05) is 48.2 Å². The molecule has 0 aliphatic carbocycles. The van der Waals surface area contributed by atoms with Gasteiger partial charge in [-0.1, -0.05) is 41.9 Å². The van der Waals surface area contributed by atoms with Crippen LogP contribution in [0.2, 0.25) is 0 Å². The summed E-state index contributed by atoms with van der Waals surface area (Å²) in [6.45, 7) is 5.49. The summed E-state index contributed by atoms with van der Waals surface area (Å²) in [5, 5.41) is 4.08. The van der Waals surface area contributed by atoms with Crippen LogP contribution in [0.5, 0.6) is 0 Å². The summed E-state index contributed by atoms with van der Waals surface area (Å²) in [7, 11) is 0. The maximum absolute atomic E-state index is 12.7. The minimum absolute atomic E-state index is 0.0601. The first kappa shape index (κ1) is 17.4. The molecule has 138 valence electrons. The second-order valence-corrected chi connectivity index (χ2v) is 7.24. The zero-order valence-corrected chi connectivity index (χ0v) is 15.5. The predicted molar refractivity (Wildman–Crippen MR) is 101 cm³/mol. The number of aryl methyl sites for hydroxylation is 1. The number of aromatic nitrogens is 3. The van der Waals surface area contributed by atoms with Crippen LogP contribution in [0, 0.1) is 12.8 Å². The lowest BCUT2D eigenvalue weighted by Gasteiger charge is -2.16. The highest BCUT2D eigenvalue weighted by Crippen LogP contribution is 2.32. The third-order valence-corrected chi connectivity index (χ3v) is 5.12. The minimum atomic E-state index is 0.0601. The number of nitrogens with zero attached hydrogens (tertiary/aromatic N) is 4. The van der Waals surface area contributed by atoms with Gasteiger partial charge in [0.15, 0.2) is 0 Å². The molecule has 0 bridgehead atoms. The molecule has 3 aromatic rings. The van der Waals surface area contributed by atoms with Crippen molar-refractivity contribution in [2.24, 2.45) is 5.92 Å². The van der Waals surface area contributed by atoms with Crippen LogP contribution >= 0.6 is 0 Å².